The molecule has 0 aliphatic carbocycles. The van der Waals surface area contributed by atoms with Crippen molar-refractivity contribution in [3.63, 3.8) is 0 Å². The molecular formula is C39H24N2S. The molecule has 0 atom stereocenters. The molecule has 0 radical (unpaired) electrons. The summed E-state index contributed by atoms with van der Waals surface area (Å²) in [6, 6.07) is 52.5. The van der Waals surface area contributed by atoms with Gasteiger partial charge in [-0.2, -0.15) is 0 Å². The van der Waals surface area contributed by atoms with E-state index in [0.29, 0.717) is 0 Å². The number of thiophene rings is 1. The minimum atomic E-state index is 0.978. The molecule has 0 amide bonds. The molecule has 0 aliphatic rings. The van der Waals surface area contributed by atoms with Gasteiger partial charge in [0.1, 0.15) is 16.0 Å². The van der Waals surface area contributed by atoms with Crippen LogP contribution < -0.4 is 0 Å². The third-order valence-electron chi connectivity index (χ3n) is 8.39. The third-order valence-corrected chi connectivity index (χ3v) is 9.54. The number of pyridine rings is 1. The highest BCUT2D eigenvalue weighted by Crippen LogP contribution is 2.45. The van der Waals surface area contributed by atoms with Crippen molar-refractivity contribution in [2.45, 2.75) is 0 Å². The van der Waals surface area contributed by atoms with Crippen LogP contribution in [0.1, 0.15) is 0 Å². The van der Waals surface area contributed by atoms with Crippen LogP contribution in [-0.4, -0.2) is 9.38 Å². The predicted molar refractivity (Wildman–Crippen MR) is 179 cm³/mol. The molecule has 196 valence electrons. The normalized spacial score (nSPS) is 11.8. The van der Waals surface area contributed by atoms with E-state index in [1.807, 2.05) is 11.3 Å². The number of nitrogens with zero attached hydrogens (tertiary/aromatic N) is 2. The molecule has 3 aromatic heterocycles. The summed E-state index contributed by atoms with van der Waals surface area (Å²) < 4.78 is 3.60. The van der Waals surface area contributed by atoms with Gasteiger partial charge in [-0.25, -0.2) is 4.98 Å². The number of imidazole rings is 1. The van der Waals surface area contributed by atoms with Crippen LogP contribution in [0.3, 0.4) is 0 Å². The molecule has 6 aromatic carbocycles. The Morgan fingerprint density at radius 2 is 1.05 bits per heavy atom. The topological polar surface area (TPSA) is 17.3 Å². The van der Waals surface area contributed by atoms with Gasteiger partial charge in [0.2, 0.25) is 0 Å². The van der Waals surface area contributed by atoms with Crippen molar-refractivity contribution in [3.05, 3.63) is 146 Å². The van der Waals surface area contributed by atoms with Crippen LogP contribution in [0.4, 0.5) is 0 Å². The molecule has 0 unspecified atom stereocenters. The smallest absolute Gasteiger partial charge is 0.139 e. The molecule has 0 bridgehead atoms. The molecular weight excluding hydrogens is 529 g/mol. The summed E-state index contributed by atoms with van der Waals surface area (Å²) in [6.07, 6.45) is 0. The van der Waals surface area contributed by atoms with Crippen molar-refractivity contribution in [3.8, 4) is 33.5 Å². The highest BCUT2D eigenvalue weighted by atomic mass is 32.1. The lowest BCUT2D eigenvalue weighted by Crippen LogP contribution is -1.94. The maximum atomic E-state index is 5.09. The summed E-state index contributed by atoms with van der Waals surface area (Å²) in [7, 11) is 0. The van der Waals surface area contributed by atoms with Crippen LogP contribution in [0, 0.1) is 0 Å². The Kier molecular flexibility index (Phi) is 5.10. The van der Waals surface area contributed by atoms with Gasteiger partial charge in [-0.3, -0.25) is 4.40 Å². The van der Waals surface area contributed by atoms with Crippen molar-refractivity contribution in [1.29, 1.82) is 0 Å². The van der Waals surface area contributed by atoms with Crippen molar-refractivity contribution in [2.24, 2.45) is 0 Å². The van der Waals surface area contributed by atoms with E-state index in [1.165, 1.54) is 64.3 Å². The fraction of sp³-hybridized carbons (Fsp3) is 0. The second kappa shape index (κ2) is 9.13. The monoisotopic (exact) mass is 552 g/mol. The standard InChI is InChI=1S/C39H24N2S/c1-3-12-25(13-4-1)36-28-16-7-8-17-29(28)37(26-14-5-2-6-15-26)32-24-27(22-23-30(32)36)33-19-11-21-35-40-38-31-18-9-10-20-34(31)42-39(38)41(33)35/h1-24H. The second-order valence-electron chi connectivity index (χ2n) is 10.8. The Morgan fingerprint density at radius 3 is 1.76 bits per heavy atom. The molecule has 0 N–H and O–H groups in total. The molecule has 9 aromatic rings. The third kappa shape index (κ3) is 3.41. The lowest BCUT2D eigenvalue weighted by atomic mass is 9.85. The largest absolute Gasteiger partial charge is 0.284 e. The molecule has 42 heavy (non-hydrogen) atoms. The number of aromatic nitrogens is 2. The Bertz CT molecular complexity index is 2450. The molecule has 0 saturated heterocycles. The lowest BCUT2D eigenvalue weighted by Gasteiger charge is -2.19. The average Bonchev–Trinajstić information content (AvgIpc) is 3.60. The van der Waals surface area contributed by atoms with Crippen LogP contribution in [0.15, 0.2) is 146 Å². The molecule has 9 rings (SSSR count). The van der Waals surface area contributed by atoms with Gasteiger partial charge in [-0.1, -0.05) is 121 Å². The summed E-state index contributed by atoms with van der Waals surface area (Å²) in [5, 5.41) is 6.26. The second-order valence-corrected chi connectivity index (χ2v) is 11.8. The number of hydrogen-bond acceptors (Lipinski definition) is 2. The van der Waals surface area contributed by atoms with Crippen LogP contribution in [0.5, 0.6) is 0 Å². The van der Waals surface area contributed by atoms with Gasteiger partial charge in [0.15, 0.2) is 0 Å². The van der Waals surface area contributed by atoms with E-state index < -0.39 is 0 Å². The highest BCUT2D eigenvalue weighted by Gasteiger charge is 2.19. The van der Waals surface area contributed by atoms with Gasteiger partial charge in [0.25, 0.3) is 0 Å². The zero-order valence-corrected chi connectivity index (χ0v) is 23.5. The zero-order chi connectivity index (χ0) is 27.6. The molecule has 3 heterocycles. The van der Waals surface area contributed by atoms with Gasteiger partial charge in [-0.05, 0) is 73.6 Å². The summed E-state index contributed by atoms with van der Waals surface area (Å²) in [5.74, 6) is 0. The SMILES string of the molecule is c1ccc(-c2c3ccccc3c(-c3ccccc3)c3cc(-c4cccc5nc6c7ccccc7sc6n45)ccc23)cc1. The van der Waals surface area contributed by atoms with Crippen molar-refractivity contribution < 1.29 is 0 Å². The fourth-order valence-corrected chi connectivity index (χ4v) is 7.75. The van der Waals surface area contributed by atoms with Gasteiger partial charge in [0, 0.05) is 10.1 Å². The summed E-state index contributed by atoms with van der Waals surface area (Å²) in [5.41, 5.74) is 9.39. The van der Waals surface area contributed by atoms with E-state index in [1.54, 1.807) is 0 Å². The van der Waals surface area contributed by atoms with E-state index in [4.69, 9.17) is 4.98 Å². The highest BCUT2D eigenvalue weighted by molar-refractivity contribution is 7.25. The molecule has 0 spiro atoms. The van der Waals surface area contributed by atoms with Gasteiger partial charge >= 0.3 is 0 Å². The van der Waals surface area contributed by atoms with E-state index in [2.05, 4.69) is 150 Å². The summed E-state index contributed by atoms with van der Waals surface area (Å²) >= 11 is 1.81. The Labute approximate surface area is 246 Å². The van der Waals surface area contributed by atoms with Crippen molar-refractivity contribution in [1.82, 2.24) is 9.38 Å². The predicted octanol–water partition coefficient (Wildman–Crippen LogP) is 11.0. The minimum absolute atomic E-state index is 0.978. The molecule has 2 nitrogen and oxygen atoms in total. The van der Waals surface area contributed by atoms with Crippen LogP contribution in [0.25, 0.3) is 81.1 Å². The minimum Gasteiger partial charge on any atom is -0.284 e. The lowest BCUT2D eigenvalue weighted by molar-refractivity contribution is 1.24. The fourth-order valence-electron chi connectivity index (χ4n) is 6.59. The summed E-state index contributed by atoms with van der Waals surface area (Å²) in [6.45, 7) is 0. The van der Waals surface area contributed by atoms with Gasteiger partial charge < -0.3 is 0 Å². The first-order valence-corrected chi connectivity index (χ1v) is 15.1. The van der Waals surface area contributed by atoms with Gasteiger partial charge in [-0.15, -0.1) is 11.3 Å². The molecule has 0 saturated carbocycles. The first-order valence-electron chi connectivity index (χ1n) is 14.2. The van der Waals surface area contributed by atoms with E-state index in [9.17, 15) is 0 Å². The van der Waals surface area contributed by atoms with Crippen molar-refractivity contribution >= 4 is 59.0 Å². The zero-order valence-electron chi connectivity index (χ0n) is 22.7. The number of hydrogen-bond donors (Lipinski definition) is 0. The van der Waals surface area contributed by atoms with E-state index in [0.717, 1.165) is 16.9 Å². The molecule has 0 aliphatic heterocycles. The Balaban J connectivity index is 1.41. The summed E-state index contributed by atoms with van der Waals surface area (Å²) in [4.78, 5) is 6.27. The van der Waals surface area contributed by atoms with Gasteiger partial charge in [0.05, 0.1) is 5.69 Å². The maximum Gasteiger partial charge on any atom is 0.139 e. The number of fused-ring (bicyclic) bond motifs is 7. The quantitative estimate of drug-likeness (QED) is 0.199. The van der Waals surface area contributed by atoms with Crippen LogP contribution in [0.2, 0.25) is 0 Å². The Morgan fingerprint density at radius 1 is 0.452 bits per heavy atom. The first kappa shape index (κ1) is 23.5. The Hall–Kier alpha value is -5.25. The average molecular weight is 553 g/mol. The molecule has 0 fully saturated rings. The maximum absolute atomic E-state index is 5.09. The molecule has 3 heteroatoms. The van der Waals surface area contributed by atoms with E-state index in [-0.39, 0.29) is 0 Å². The van der Waals surface area contributed by atoms with Crippen LogP contribution >= 0.6 is 11.3 Å². The van der Waals surface area contributed by atoms with Crippen LogP contribution in [-0.2, 0) is 0 Å². The number of benzene rings is 6. The van der Waals surface area contributed by atoms with Crippen molar-refractivity contribution in [2.75, 3.05) is 0 Å². The number of rotatable bonds is 3. The first-order chi connectivity index (χ1) is 20.8. The van der Waals surface area contributed by atoms with E-state index >= 15 is 0 Å².